The van der Waals surface area contributed by atoms with Gasteiger partial charge < -0.3 is 15.8 Å². The highest BCUT2D eigenvalue weighted by molar-refractivity contribution is 5.96. The molecule has 3 N–H and O–H groups in total. The summed E-state index contributed by atoms with van der Waals surface area (Å²) in [4.78, 5) is 11.5. The van der Waals surface area contributed by atoms with E-state index in [1.807, 2.05) is 5.32 Å². The van der Waals surface area contributed by atoms with E-state index in [1.165, 1.54) is 6.92 Å². The number of halogens is 5. The van der Waals surface area contributed by atoms with Crippen LogP contribution in [0.15, 0.2) is 12.1 Å². The topological polar surface area (TPSA) is 64.3 Å². The molecule has 118 valence electrons. The average molecular weight is 312 g/mol. The molecule has 0 amide bonds. The number of anilines is 2. The van der Waals surface area contributed by atoms with Gasteiger partial charge in [0.05, 0.1) is 24.4 Å². The first-order valence-electron chi connectivity index (χ1n) is 5.85. The fraction of sp³-hybridized carbons (Fsp3) is 0.417. The summed E-state index contributed by atoms with van der Waals surface area (Å²) in [5.41, 5.74) is 4.36. The van der Waals surface area contributed by atoms with Crippen molar-refractivity contribution in [2.24, 2.45) is 0 Å². The molecular weight excluding hydrogens is 299 g/mol. The van der Waals surface area contributed by atoms with Gasteiger partial charge in [0.2, 0.25) is 0 Å². The number of ether oxygens (including phenoxy) is 1. The van der Waals surface area contributed by atoms with Crippen molar-refractivity contribution in [3.63, 3.8) is 0 Å². The van der Waals surface area contributed by atoms with Crippen molar-refractivity contribution in [2.75, 3.05) is 24.2 Å². The number of rotatable bonds is 6. The summed E-state index contributed by atoms with van der Waals surface area (Å²) >= 11 is 0. The second kappa shape index (κ2) is 6.59. The van der Waals surface area contributed by atoms with Gasteiger partial charge in [-0.2, -0.15) is 8.78 Å². The maximum absolute atomic E-state index is 13.5. The zero-order chi connectivity index (χ0) is 16.2. The maximum atomic E-state index is 13.5. The Labute approximate surface area is 117 Å². The molecular formula is C12H13F5N2O2. The molecule has 0 aromatic heterocycles. The van der Waals surface area contributed by atoms with Gasteiger partial charge in [-0.25, -0.2) is 18.0 Å². The van der Waals surface area contributed by atoms with E-state index in [2.05, 4.69) is 4.74 Å². The van der Waals surface area contributed by atoms with Crippen LogP contribution in [0.5, 0.6) is 0 Å². The van der Waals surface area contributed by atoms with E-state index in [0.717, 1.165) is 12.1 Å². The monoisotopic (exact) mass is 312 g/mol. The molecule has 0 atom stereocenters. The van der Waals surface area contributed by atoms with Gasteiger partial charge >= 0.3 is 18.3 Å². The molecule has 4 nitrogen and oxygen atoms in total. The lowest BCUT2D eigenvalue weighted by molar-refractivity contribution is -0.117. The Morgan fingerprint density at radius 2 is 2.05 bits per heavy atom. The Morgan fingerprint density at radius 1 is 1.43 bits per heavy atom. The van der Waals surface area contributed by atoms with Crippen LogP contribution >= 0.6 is 0 Å². The molecule has 1 rings (SSSR count). The SMILES string of the molecule is CCOC(=O)c1cc(NCC(F)(F)C(F)F)c(F)cc1N. The van der Waals surface area contributed by atoms with Crippen LogP contribution in [0.2, 0.25) is 0 Å². The van der Waals surface area contributed by atoms with E-state index >= 15 is 0 Å². The van der Waals surface area contributed by atoms with Crippen molar-refractivity contribution < 1.29 is 31.5 Å². The van der Waals surface area contributed by atoms with Crippen molar-refractivity contribution >= 4 is 17.3 Å². The van der Waals surface area contributed by atoms with Crippen LogP contribution in [-0.4, -0.2) is 31.5 Å². The lowest BCUT2D eigenvalue weighted by atomic mass is 10.1. The average Bonchev–Trinajstić information content (AvgIpc) is 2.37. The van der Waals surface area contributed by atoms with E-state index in [0.29, 0.717) is 0 Å². The van der Waals surface area contributed by atoms with Gasteiger partial charge in [0.1, 0.15) is 5.82 Å². The Bertz CT molecular complexity index is 523. The molecule has 1 aromatic rings. The number of carbonyl (C=O) groups excluding carboxylic acids is 1. The predicted molar refractivity (Wildman–Crippen MR) is 66.2 cm³/mol. The summed E-state index contributed by atoms with van der Waals surface area (Å²) in [6.45, 7) is 0.0651. The molecule has 0 unspecified atom stereocenters. The molecule has 0 saturated carbocycles. The minimum absolute atomic E-state index is 0.0296. The first-order valence-corrected chi connectivity index (χ1v) is 5.85. The van der Waals surface area contributed by atoms with Crippen molar-refractivity contribution in [3.05, 3.63) is 23.5 Å². The summed E-state index contributed by atoms with van der Waals surface area (Å²) in [6.07, 6.45) is -3.90. The molecule has 0 aliphatic heterocycles. The first-order chi connectivity index (χ1) is 9.69. The van der Waals surface area contributed by atoms with Crippen LogP contribution in [0.25, 0.3) is 0 Å². The highest BCUT2D eigenvalue weighted by Crippen LogP contribution is 2.26. The second-order valence-electron chi connectivity index (χ2n) is 4.06. The third-order valence-electron chi connectivity index (χ3n) is 2.47. The normalized spacial score (nSPS) is 11.6. The smallest absolute Gasteiger partial charge is 0.340 e. The van der Waals surface area contributed by atoms with Crippen LogP contribution < -0.4 is 11.1 Å². The van der Waals surface area contributed by atoms with Crippen molar-refractivity contribution in [1.29, 1.82) is 0 Å². The van der Waals surface area contributed by atoms with E-state index in [1.54, 1.807) is 0 Å². The fourth-order valence-electron chi connectivity index (χ4n) is 1.40. The summed E-state index contributed by atoms with van der Waals surface area (Å²) in [6, 6.07) is 1.55. The molecule has 1 aromatic carbocycles. The predicted octanol–water partition coefficient (Wildman–Crippen LogP) is 2.90. The van der Waals surface area contributed by atoms with Crippen LogP contribution in [0.1, 0.15) is 17.3 Å². The Morgan fingerprint density at radius 3 is 2.57 bits per heavy atom. The first kappa shape index (κ1) is 17.0. The lowest BCUT2D eigenvalue weighted by Crippen LogP contribution is -2.35. The highest BCUT2D eigenvalue weighted by Gasteiger charge is 2.40. The van der Waals surface area contributed by atoms with Crippen LogP contribution in [0.4, 0.5) is 33.3 Å². The van der Waals surface area contributed by atoms with E-state index in [4.69, 9.17) is 5.73 Å². The van der Waals surface area contributed by atoms with E-state index in [9.17, 15) is 26.7 Å². The van der Waals surface area contributed by atoms with Gasteiger partial charge in [-0.3, -0.25) is 0 Å². The van der Waals surface area contributed by atoms with Gasteiger partial charge in [-0.15, -0.1) is 0 Å². The van der Waals surface area contributed by atoms with E-state index < -0.39 is 36.4 Å². The van der Waals surface area contributed by atoms with E-state index in [-0.39, 0.29) is 17.9 Å². The van der Waals surface area contributed by atoms with Crippen LogP contribution in [0.3, 0.4) is 0 Å². The van der Waals surface area contributed by atoms with Gasteiger partial charge in [0.25, 0.3) is 0 Å². The lowest BCUT2D eigenvalue weighted by Gasteiger charge is -2.17. The number of nitrogen functional groups attached to an aromatic ring is 1. The van der Waals surface area contributed by atoms with Crippen molar-refractivity contribution in [3.8, 4) is 0 Å². The summed E-state index contributed by atoms with van der Waals surface area (Å²) in [5, 5.41) is 1.83. The molecule has 0 aliphatic rings. The molecule has 0 fully saturated rings. The fourth-order valence-corrected chi connectivity index (χ4v) is 1.40. The van der Waals surface area contributed by atoms with Crippen molar-refractivity contribution in [2.45, 2.75) is 19.3 Å². The minimum Gasteiger partial charge on any atom is -0.462 e. The summed E-state index contributed by atoms with van der Waals surface area (Å²) in [5.74, 6) is -6.26. The Balaban J connectivity index is 2.98. The number of hydrogen-bond acceptors (Lipinski definition) is 4. The molecule has 0 radical (unpaired) electrons. The summed E-state index contributed by atoms with van der Waals surface area (Å²) < 4.78 is 67.7. The number of nitrogens with one attached hydrogen (secondary N) is 1. The van der Waals surface area contributed by atoms with Crippen LogP contribution in [-0.2, 0) is 4.74 Å². The van der Waals surface area contributed by atoms with Crippen LogP contribution in [0, 0.1) is 5.82 Å². The number of benzene rings is 1. The quantitative estimate of drug-likeness (QED) is 0.481. The third-order valence-corrected chi connectivity index (χ3v) is 2.47. The number of nitrogens with two attached hydrogens (primary N) is 1. The van der Waals surface area contributed by atoms with Gasteiger partial charge in [-0.1, -0.05) is 0 Å². The standard InChI is InChI=1S/C12H13F5N2O2/c1-2-21-10(20)6-3-9(7(13)4-8(6)18)19-5-12(16,17)11(14)15/h3-4,11,19H,2,5,18H2,1H3. The Hall–Kier alpha value is -2.06. The van der Waals surface area contributed by atoms with Gasteiger partial charge in [0.15, 0.2) is 0 Å². The maximum Gasteiger partial charge on any atom is 0.340 e. The zero-order valence-corrected chi connectivity index (χ0v) is 10.9. The molecule has 9 heteroatoms. The number of hydrogen-bond donors (Lipinski definition) is 2. The molecule has 21 heavy (non-hydrogen) atoms. The highest BCUT2D eigenvalue weighted by atomic mass is 19.3. The molecule has 0 spiro atoms. The van der Waals surface area contributed by atoms with Gasteiger partial charge in [0, 0.05) is 5.69 Å². The largest absolute Gasteiger partial charge is 0.462 e. The number of alkyl halides is 4. The molecule has 0 bridgehead atoms. The number of esters is 1. The summed E-state index contributed by atoms with van der Waals surface area (Å²) in [7, 11) is 0. The third kappa shape index (κ3) is 4.20. The molecule has 0 heterocycles. The Kier molecular flexibility index (Phi) is 5.34. The van der Waals surface area contributed by atoms with Gasteiger partial charge in [-0.05, 0) is 19.1 Å². The second-order valence-corrected chi connectivity index (χ2v) is 4.06. The number of carbonyl (C=O) groups is 1. The molecule has 0 saturated heterocycles. The van der Waals surface area contributed by atoms with Crippen molar-refractivity contribution in [1.82, 2.24) is 0 Å². The zero-order valence-electron chi connectivity index (χ0n) is 10.9. The molecule has 0 aliphatic carbocycles. The minimum atomic E-state index is -4.34.